The maximum absolute atomic E-state index is 14.5. The first-order valence-corrected chi connectivity index (χ1v) is 12.1. The van der Waals surface area contributed by atoms with Crippen LogP contribution in [0.4, 0.5) is 8.78 Å². The van der Waals surface area contributed by atoms with Crippen LogP contribution in [0, 0.1) is 29.4 Å². The van der Waals surface area contributed by atoms with Gasteiger partial charge in [-0.15, -0.1) is 0 Å². The van der Waals surface area contributed by atoms with Crippen molar-refractivity contribution in [1.29, 1.82) is 0 Å². The van der Waals surface area contributed by atoms with Crippen LogP contribution in [0.3, 0.4) is 0 Å². The summed E-state index contributed by atoms with van der Waals surface area (Å²) in [6.07, 6.45) is 20.4. The molecule has 3 heteroatoms. The van der Waals surface area contributed by atoms with Crippen molar-refractivity contribution in [2.45, 2.75) is 84.5 Å². The van der Waals surface area contributed by atoms with Crippen LogP contribution in [0.25, 0.3) is 5.57 Å². The van der Waals surface area contributed by atoms with Gasteiger partial charge in [-0.1, -0.05) is 38.0 Å². The lowest BCUT2D eigenvalue weighted by molar-refractivity contribution is 0.294. The Balaban J connectivity index is 1.44. The number of hydrogen-bond acceptors (Lipinski definition) is 1. The first kappa shape index (κ1) is 23.0. The molecule has 1 saturated carbocycles. The molecule has 0 aliphatic heterocycles. The average molecular weight is 417 g/mol. The largest absolute Gasteiger partial charge is 0.491 e. The monoisotopic (exact) mass is 416 g/mol. The summed E-state index contributed by atoms with van der Waals surface area (Å²) < 4.78 is 33.8. The quantitative estimate of drug-likeness (QED) is 0.367. The summed E-state index contributed by atoms with van der Waals surface area (Å²) in [5.41, 5.74) is 1.33. The number of rotatable bonds is 9. The summed E-state index contributed by atoms with van der Waals surface area (Å²) in [5, 5.41) is 0. The molecule has 1 aromatic carbocycles. The molecule has 1 aromatic rings. The highest BCUT2D eigenvalue weighted by molar-refractivity contribution is 5.67. The third-order valence-corrected chi connectivity index (χ3v) is 6.95. The zero-order valence-electron chi connectivity index (χ0n) is 18.8. The van der Waals surface area contributed by atoms with E-state index in [4.69, 9.17) is 4.74 Å². The Morgan fingerprint density at radius 2 is 1.77 bits per heavy atom. The lowest BCUT2D eigenvalue weighted by Gasteiger charge is -2.26. The van der Waals surface area contributed by atoms with Crippen LogP contribution in [0.1, 0.15) is 90.0 Å². The van der Waals surface area contributed by atoms with E-state index in [0.717, 1.165) is 43.1 Å². The van der Waals surface area contributed by atoms with Gasteiger partial charge >= 0.3 is 0 Å². The second-order valence-electron chi connectivity index (χ2n) is 9.12. The number of halogens is 2. The number of allylic oxidation sites excluding steroid dienone is 4. The Labute approximate surface area is 181 Å². The fourth-order valence-corrected chi connectivity index (χ4v) is 5.14. The first-order valence-electron chi connectivity index (χ1n) is 12.1. The standard InChI is InChI=1S/C27H38F2O/c1-3-7-20-10-12-21(13-11-20)8-5-6-9-22-14-16-23(17-15-22)24-18-19-25(30-4-2)27(29)26(24)28/h5,8,16,18-22H,3-4,6-7,9-15,17H2,1-2H3/b8-5+/t20-,21-,22?. The van der Waals surface area contributed by atoms with E-state index >= 15 is 0 Å². The van der Waals surface area contributed by atoms with Crippen LogP contribution in [0.5, 0.6) is 5.75 Å². The molecule has 0 spiro atoms. The van der Waals surface area contributed by atoms with Gasteiger partial charge in [-0.05, 0) is 100 Å². The molecule has 0 N–H and O–H groups in total. The van der Waals surface area contributed by atoms with Gasteiger partial charge in [0.2, 0.25) is 5.82 Å². The van der Waals surface area contributed by atoms with Crippen molar-refractivity contribution in [3.63, 3.8) is 0 Å². The molecule has 3 rings (SSSR count). The minimum atomic E-state index is -0.869. The van der Waals surface area contributed by atoms with Gasteiger partial charge in [-0.2, -0.15) is 4.39 Å². The summed E-state index contributed by atoms with van der Waals surface area (Å²) in [7, 11) is 0. The SMILES string of the molecule is CCC[C@H]1CC[C@H](/C=C/CCC2CC=C(c3ccc(OCC)c(F)c3F)CC2)CC1. The van der Waals surface area contributed by atoms with Crippen LogP contribution in [0.2, 0.25) is 0 Å². The smallest absolute Gasteiger partial charge is 0.201 e. The van der Waals surface area contributed by atoms with E-state index in [1.165, 1.54) is 44.9 Å². The predicted octanol–water partition coefficient (Wildman–Crippen LogP) is 8.49. The van der Waals surface area contributed by atoms with Crippen molar-refractivity contribution < 1.29 is 13.5 Å². The molecular formula is C27H38F2O. The molecule has 1 unspecified atom stereocenters. The molecule has 30 heavy (non-hydrogen) atoms. The van der Waals surface area contributed by atoms with Gasteiger partial charge in [-0.25, -0.2) is 4.39 Å². The third kappa shape index (κ3) is 6.18. The molecule has 0 heterocycles. The van der Waals surface area contributed by atoms with Gasteiger partial charge in [-0.3, -0.25) is 0 Å². The minimum Gasteiger partial charge on any atom is -0.491 e. The van der Waals surface area contributed by atoms with Crippen LogP contribution >= 0.6 is 0 Å². The van der Waals surface area contributed by atoms with Crippen molar-refractivity contribution in [3.8, 4) is 5.75 Å². The summed E-state index contributed by atoms with van der Waals surface area (Å²) in [6, 6.07) is 3.21. The van der Waals surface area contributed by atoms with Crippen LogP contribution < -0.4 is 4.74 Å². The molecule has 2 aliphatic carbocycles. The van der Waals surface area contributed by atoms with Gasteiger partial charge in [0.15, 0.2) is 11.6 Å². The average Bonchev–Trinajstić information content (AvgIpc) is 2.77. The van der Waals surface area contributed by atoms with E-state index in [-0.39, 0.29) is 5.75 Å². The maximum Gasteiger partial charge on any atom is 0.201 e. The zero-order chi connectivity index (χ0) is 21.3. The minimum absolute atomic E-state index is 0.00123. The maximum atomic E-state index is 14.5. The van der Waals surface area contributed by atoms with Gasteiger partial charge in [0.05, 0.1) is 6.61 Å². The molecule has 0 amide bonds. The van der Waals surface area contributed by atoms with E-state index in [1.54, 1.807) is 19.1 Å². The van der Waals surface area contributed by atoms with Gasteiger partial charge in [0.25, 0.3) is 0 Å². The fraction of sp³-hybridized carbons (Fsp3) is 0.630. The Hall–Kier alpha value is -1.64. The van der Waals surface area contributed by atoms with Crippen molar-refractivity contribution in [1.82, 2.24) is 0 Å². The predicted molar refractivity (Wildman–Crippen MR) is 122 cm³/mol. The van der Waals surface area contributed by atoms with Gasteiger partial charge in [0.1, 0.15) is 0 Å². The van der Waals surface area contributed by atoms with Crippen molar-refractivity contribution in [2.24, 2.45) is 17.8 Å². The summed E-state index contributed by atoms with van der Waals surface area (Å²) in [6.45, 7) is 4.39. The molecule has 2 aliphatic rings. The van der Waals surface area contributed by atoms with E-state index in [9.17, 15) is 8.78 Å². The second-order valence-corrected chi connectivity index (χ2v) is 9.12. The Kier molecular flexibility index (Phi) is 8.96. The summed E-state index contributed by atoms with van der Waals surface area (Å²) in [4.78, 5) is 0. The highest BCUT2D eigenvalue weighted by Gasteiger charge is 2.21. The van der Waals surface area contributed by atoms with E-state index < -0.39 is 11.6 Å². The van der Waals surface area contributed by atoms with Crippen molar-refractivity contribution in [2.75, 3.05) is 6.61 Å². The van der Waals surface area contributed by atoms with Crippen LogP contribution in [-0.4, -0.2) is 6.61 Å². The molecule has 1 fully saturated rings. The van der Waals surface area contributed by atoms with E-state index in [1.807, 2.05) is 0 Å². The molecule has 0 aromatic heterocycles. The Bertz CT molecular complexity index is 729. The number of hydrogen-bond donors (Lipinski definition) is 0. The van der Waals surface area contributed by atoms with Gasteiger partial charge < -0.3 is 4.74 Å². The third-order valence-electron chi connectivity index (χ3n) is 6.95. The Morgan fingerprint density at radius 1 is 0.967 bits per heavy atom. The lowest BCUT2D eigenvalue weighted by Crippen LogP contribution is -2.12. The molecular weight excluding hydrogens is 378 g/mol. The number of benzene rings is 1. The molecule has 0 bridgehead atoms. The molecule has 1 nitrogen and oxygen atoms in total. The number of ether oxygens (including phenoxy) is 1. The molecule has 0 radical (unpaired) electrons. The van der Waals surface area contributed by atoms with E-state index in [2.05, 4.69) is 25.2 Å². The first-order chi connectivity index (χ1) is 14.6. The highest BCUT2D eigenvalue weighted by atomic mass is 19.2. The van der Waals surface area contributed by atoms with Crippen molar-refractivity contribution >= 4 is 5.57 Å². The molecule has 166 valence electrons. The molecule has 1 atom stereocenters. The second kappa shape index (κ2) is 11.7. The molecule has 0 saturated heterocycles. The lowest BCUT2D eigenvalue weighted by atomic mass is 9.80. The Morgan fingerprint density at radius 3 is 2.43 bits per heavy atom. The zero-order valence-corrected chi connectivity index (χ0v) is 18.8. The topological polar surface area (TPSA) is 9.23 Å². The van der Waals surface area contributed by atoms with Crippen molar-refractivity contribution in [3.05, 3.63) is 47.6 Å². The van der Waals surface area contributed by atoms with Crippen LogP contribution in [0.15, 0.2) is 30.4 Å². The summed E-state index contributed by atoms with van der Waals surface area (Å²) >= 11 is 0. The van der Waals surface area contributed by atoms with E-state index in [0.29, 0.717) is 18.1 Å². The normalized spacial score (nSPS) is 24.8. The fourth-order valence-electron chi connectivity index (χ4n) is 5.14. The summed E-state index contributed by atoms with van der Waals surface area (Å²) in [5.74, 6) is 0.756. The van der Waals surface area contributed by atoms with Gasteiger partial charge in [0, 0.05) is 5.56 Å². The highest BCUT2D eigenvalue weighted by Crippen LogP contribution is 2.36. The van der Waals surface area contributed by atoms with Crippen LogP contribution in [-0.2, 0) is 0 Å².